The Bertz CT molecular complexity index is 764. The van der Waals surface area contributed by atoms with Crippen molar-refractivity contribution in [2.45, 2.75) is 31.8 Å². The number of nitrogens with one attached hydrogen (secondary N) is 2. The van der Waals surface area contributed by atoms with Crippen molar-refractivity contribution in [3.63, 3.8) is 0 Å². The van der Waals surface area contributed by atoms with Crippen molar-refractivity contribution in [1.29, 1.82) is 0 Å². The van der Waals surface area contributed by atoms with Gasteiger partial charge in [-0.15, -0.1) is 0 Å². The molecule has 1 fully saturated rings. The van der Waals surface area contributed by atoms with Gasteiger partial charge < -0.3 is 15.4 Å². The average molecular weight is 386 g/mol. The first kappa shape index (κ1) is 20.1. The number of halogens is 1. The summed E-state index contributed by atoms with van der Waals surface area (Å²) in [6.07, 6.45) is 4.23. The minimum absolute atomic E-state index is 0.133. The predicted molar refractivity (Wildman–Crippen MR) is 106 cm³/mol. The highest BCUT2D eigenvalue weighted by Crippen LogP contribution is 2.20. The lowest BCUT2D eigenvalue weighted by atomic mass is 10.0. The molecule has 150 valence electrons. The second-order valence-corrected chi connectivity index (χ2v) is 6.99. The Morgan fingerprint density at radius 2 is 2.11 bits per heavy atom. The number of rotatable bonds is 7. The van der Waals surface area contributed by atoms with Crippen molar-refractivity contribution < 1.29 is 13.9 Å². The number of urea groups is 1. The molecule has 2 aromatic rings. The SMILES string of the molecule is COc1ccc(CN2CCC(NC(=O)NCCc3ccccn3)CC2)cc1F. The van der Waals surface area contributed by atoms with Gasteiger partial charge in [0.1, 0.15) is 0 Å². The molecule has 3 rings (SSSR count). The summed E-state index contributed by atoms with van der Waals surface area (Å²) in [5.74, 6) is -0.0698. The maximum atomic E-state index is 13.8. The number of likely N-dealkylation sites (tertiary alicyclic amines) is 1. The van der Waals surface area contributed by atoms with Gasteiger partial charge in [0.05, 0.1) is 7.11 Å². The fourth-order valence-corrected chi connectivity index (χ4v) is 3.39. The summed E-state index contributed by atoms with van der Waals surface area (Å²) in [5, 5.41) is 5.93. The lowest BCUT2D eigenvalue weighted by Crippen LogP contribution is -2.48. The van der Waals surface area contributed by atoms with Crippen LogP contribution in [0.25, 0.3) is 0 Å². The van der Waals surface area contributed by atoms with Gasteiger partial charge in [-0.25, -0.2) is 9.18 Å². The Labute approximate surface area is 165 Å². The summed E-state index contributed by atoms with van der Waals surface area (Å²) in [6.45, 7) is 2.99. The molecule has 7 heteroatoms. The summed E-state index contributed by atoms with van der Waals surface area (Å²) in [5.41, 5.74) is 1.89. The van der Waals surface area contributed by atoms with Gasteiger partial charge in [0.15, 0.2) is 11.6 Å². The van der Waals surface area contributed by atoms with Gasteiger partial charge in [0, 0.05) is 50.5 Å². The number of pyridine rings is 1. The van der Waals surface area contributed by atoms with Crippen LogP contribution in [0.4, 0.5) is 9.18 Å². The highest BCUT2D eigenvalue weighted by molar-refractivity contribution is 5.74. The van der Waals surface area contributed by atoms with E-state index in [-0.39, 0.29) is 23.6 Å². The Hall–Kier alpha value is -2.67. The van der Waals surface area contributed by atoms with Gasteiger partial charge in [-0.1, -0.05) is 12.1 Å². The topological polar surface area (TPSA) is 66.5 Å². The number of ether oxygens (including phenoxy) is 1. The van der Waals surface area contributed by atoms with E-state index in [0.717, 1.165) is 37.2 Å². The van der Waals surface area contributed by atoms with Gasteiger partial charge in [-0.3, -0.25) is 9.88 Å². The molecule has 0 saturated carbocycles. The molecule has 1 aromatic heterocycles. The van der Waals surface area contributed by atoms with Crippen LogP contribution in [0.5, 0.6) is 5.75 Å². The largest absolute Gasteiger partial charge is 0.494 e. The molecule has 0 radical (unpaired) electrons. The smallest absolute Gasteiger partial charge is 0.315 e. The van der Waals surface area contributed by atoms with E-state index in [1.54, 1.807) is 12.3 Å². The molecular formula is C21H27FN4O2. The van der Waals surface area contributed by atoms with E-state index in [0.29, 0.717) is 19.5 Å². The Morgan fingerprint density at radius 3 is 2.79 bits per heavy atom. The number of methoxy groups -OCH3 is 1. The molecular weight excluding hydrogens is 359 g/mol. The maximum Gasteiger partial charge on any atom is 0.315 e. The van der Waals surface area contributed by atoms with E-state index in [1.807, 2.05) is 24.3 Å². The number of hydrogen-bond donors (Lipinski definition) is 2. The number of piperidine rings is 1. The van der Waals surface area contributed by atoms with E-state index >= 15 is 0 Å². The minimum Gasteiger partial charge on any atom is -0.494 e. The van der Waals surface area contributed by atoms with Crippen molar-refractivity contribution in [2.24, 2.45) is 0 Å². The Morgan fingerprint density at radius 1 is 1.29 bits per heavy atom. The molecule has 2 heterocycles. The molecule has 2 amide bonds. The number of carbonyl (C=O) groups excluding carboxylic acids is 1. The van der Waals surface area contributed by atoms with E-state index in [4.69, 9.17) is 4.74 Å². The first-order valence-electron chi connectivity index (χ1n) is 9.63. The van der Waals surface area contributed by atoms with E-state index in [1.165, 1.54) is 13.2 Å². The Kier molecular flexibility index (Phi) is 7.19. The van der Waals surface area contributed by atoms with Crippen LogP contribution in [0.1, 0.15) is 24.1 Å². The number of benzene rings is 1. The first-order chi connectivity index (χ1) is 13.6. The molecule has 28 heavy (non-hydrogen) atoms. The van der Waals surface area contributed by atoms with Crippen LogP contribution < -0.4 is 15.4 Å². The summed E-state index contributed by atoms with van der Waals surface area (Å²) >= 11 is 0. The van der Waals surface area contributed by atoms with Gasteiger partial charge in [-0.05, 0) is 42.7 Å². The normalized spacial score (nSPS) is 15.2. The summed E-state index contributed by atoms with van der Waals surface area (Å²) in [6, 6.07) is 10.9. The zero-order chi connectivity index (χ0) is 19.8. The van der Waals surface area contributed by atoms with Gasteiger partial charge in [0.2, 0.25) is 0 Å². The number of carbonyl (C=O) groups is 1. The molecule has 0 aliphatic carbocycles. The van der Waals surface area contributed by atoms with Crippen LogP contribution in [-0.2, 0) is 13.0 Å². The van der Waals surface area contributed by atoms with Crippen molar-refractivity contribution in [3.8, 4) is 5.75 Å². The number of aromatic nitrogens is 1. The van der Waals surface area contributed by atoms with Crippen molar-refractivity contribution in [3.05, 3.63) is 59.7 Å². The first-order valence-corrected chi connectivity index (χ1v) is 9.63. The van der Waals surface area contributed by atoms with Crippen molar-refractivity contribution in [1.82, 2.24) is 20.5 Å². The lowest BCUT2D eigenvalue weighted by Gasteiger charge is -2.32. The summed E-state index contributed by atoms with van der Waals surface area (Å²) in [7, 11) is 1.46. The molecule has 2 N–H and O–H groups in total. The van der Waals surface area contributed by atoms with E-state index in [2.05, 4.69) is 20.5 Å². The fraction of sp³-hybridized carbons (Fsp3) is 0.429. The molecule has 1 aromatic carbocycles. The van der Waals surface area contributed by atoms with Crippen LogP contribution in [0.2, 0.25) is 0 Å². The van der Waals surface area contributed by atoms with E-state index < -0.39 is 0 Å². The second-order valence-electron chi connectivity index (χ2n) is 6.99. The molecule has 1 saturated heterocycles. The minimum atomic E-state index is -0.334. The zero-order valence-corrected chi connectivity index (χ0v) is 16.2. The fourth-order valence-electron chi connectivity index (χ4n) is 3.39. The van der Waals surface area contributed by atoms with E-state index in [9.17, 15) is 9.18 Å². The number of amides is 2. The molecule has 1 aliphatic rings. The summed E-state index contributed by atoms with van der Waals surface area (Å²) < 4.78 is 18.8. The van der Waals surface area contributed by atoms with Gasteiger partial charge >= 0.3 is 6.03 Å². The molecule has 6 nitrogen and oxygen atoms in total. The third-order valence-electron chi connectivity index (χ3n) is 4.94. The van der Waals surface area contributed by atoms with Crippen molar-refractivity contribution >= 4 is 6.03 Å². The quantitative estimate of drug-likeness (QED) is 0.768. The molecule has 0 atom stereocenters. The van der Waals surface area contributed by atoms with Crippen molar-refractivity contribution in [2.75, 3.05) is 26.7 Å². The molecule has 0 spiro atoms. The average Bonchev–Trinajstić information content (AvgIpc) is 2.70. The lowest BCUT2D eigenvalue weighted by molar-refractivity contribution is 0.186. The van der Waals surface area contributed by atoms with Gasteiger partial charge in [0.25, 0.3) is 0 Å². The molecule has 0 unspecified atom stereocenters. The second kappa shape index (κ2) is 10.0. The highest BCUT2D eigenvalue weighted by Gasteiger charge is 2.21. The molecule has 0 bridgehead atoms. The predicted octanol–water partition coefficient (Wildman–Crippen LogP) is 2.74. The maximum absolute atomic E-state index is 13.8. The standard InChI is InChI=1S/C21H27FN4O2/c1-28-20-6-5-16(14-19(20)22)15-26-12-8-18(9-13-26)25-21(27)24-11-7-17-4-2-3-10-23-17/h2-6,10,14,18H,7-9,11-13,15H2,1H3,(H2,24,25,27). The third kappa shape index (κ3) is 5.92. The van der Waals surface area contributed by atoms with Crippen LogP contribution in [0.3, 0.4) is 0 Å². The van der Waals surface area contributed by atoms with Crippen LogP contribution in [-0.4, -0.2) is 48.7 Å². The molecule has 1 aliphatic heterocycles. The van der Waals surface area contributed by atoms with Gasteiger partial charge in [-0.2, -0.15) is 0 Å². The highest BCUT2D eigenvalue weighted by atomic mass is 19.1. The van der Waals surface area contributed by atoms with Crippen LogP contribution >= 0.6 is 0 Å². The van der Waals surface area contributed by atoms with Crippen LogP contribution in [0, 0.1) is 5.82 Å². The number of nitrogens with zero attached hydrogens (tertiary/aromatic N) is 2. The monoisotopic (exact) mass is 386 g/mol. The Balaban J connectivity index is 1.35. The zero-order valence-electron chi connectivity index (χ0n) is 16.2. The summed E-state index contributed by atoms with van der Waals surface area (Å²) in [4.78, 5) is 18.6. The third-order valence-corrected chi connectivity index (χ3v) is 4.94. The van der Waals surface area contributed by atoms with Crippen LogP contribution in [0.15, 0.2) is 42.6 Å². The number of hydrogen-bond acceptors (Lipinski definition) is 4.